The Kier molecular flexibility index (Phi) is 2.49. The van der Waals surface area contributed by atoms with Crippen molar-refractivity contribution < 1.29 is 4.52 Å². The number of nitrogens with one attached hydrogen (secondary N) is 1. The van der Waals surface area contributed by atoms with Gasteiger partial charge in [-0.1, -0.05) is 12.1 Å². The lowest BCUT2D eigenvalue weighted by Crippen LogP contribution is -2.44. The molecule has 0 amide bonds. The second-order valence-electron chi connectivity index (χ2n) is 4.18. The van der Waals surface area contributed by atoms with E-state index in [1.165, 1.54) is 0 Å². The van der Waals surface area contributed by atoms with E-state index in [2.05, 4.69) is 22.4 Å². The Morgan fingerprint density at radius 1 is 1.56 bits per heavy atom. The summed E-state index contributed by atoms with van der Waals surface area (Å²) in [5.41, 5.74) is 1.04. The molecule has 5 heteroatoms. The van der Waals surface area contributed by atoms with Gasteiger partial charge in [0.05, 0.1) is 0 Å². The molecule has 4 nitrogen and oxygen atoms in total. The molecule has 0 aliphatic carbocycles. The molecule has 0 spiro atoms. The van der Waals surface area contributed by atoms with E-state index in [1.807, 2.05) is 16.8 Å². The van der Waals surface area contributed by atoms with Gasteiger partial charge >= 0.3 is 0 Å². The Labute approximate surface area is 97.7 Å². The molecule has 1 unspecified atom stereocenters. The molecule has 0 bridgehead atoms. The van der Waals surface area contributed by atoms with Crippen LogP contribution in [0.25, 0.3) is 11.4 Å². The third-order valence-corrected chi connectivity index (χ3v) is 3.81. The van der Waals surface area contributed by atoms with Gasteiger partial charge in [-0.15, -0.1) is 0 Å². The van der Waals surface area contributed by atoms with Gasteiger partial charge in [0.25, 0.3) is 0 Å². The van der Waals surface area contributed by atoms with Crippen LogP contribution in [0.5, 0.6) is 0 Å². The summed E-state index contributed by atoms with van der Waals surface area (Å²) < 4.78 is 5.32. The largest absolute Gasteiger partial charge is 0.339 e. The van der Waals surface area contributed by atoms with Crippen molar-refractivity contribution in [2.45, 2.75) is 12.8 Å². The number of thiophene rings is 1. The Morgan fingerprint density at radius 3 is 3.06 bits per heavy atom. The monoisotopic (exact) mass is 235 g/mol. The van der Waals surface area contributed by atoms with Crippen molar-refractivity contribution in [1.29, 1.82) is 0 Å². The van der Waals surface area contributed by atoms with Gasteiger partial charge in [0, 0.05) is 16.9 Å². The molecule has 1 atom stereocenters. The first kappa shape index (κ1) is 9.99. The molecule has 84 valence electrons. The van der Waals surface area contributed by atoms with E-state index in [1.54, 1.807) is 11.3 Å². The van der Waals surface area contributed by atoms with Crippen molar-refractivity contribution >= 4 is 11.3 Å². The van der Waals surface area contributed by atoms with Gasteiger partial charge in [-0.25, -0.2) is 0 Å². The average molecular weight is 235 g/mol. The van der Waals surface area contributed by atoms with Gasteiger partial charge in [0.15, 0.2) is 0 Å². The minimum Gasteiger partial charge on any atom is -0.339 e. The Morgan fingerprint density at radius 2 is 2.44 bits per heavy atom. The summed E-state index contributed by atoms with van der Waals surface area (Å²) in [6.45, 7) is 4.26. The molecule has 0 aromatic carbocycles. The van der Waals surface area contributed by atoms with Gasteiger partial charge in [-0.2, -0.15) is 16.3 Å². The maximum atomic E-state index is 5.32. The molecular weight excluding hydrogens is 222 g/mol. The second-order valence-corrected chi connectivity index (χ2v) is 4.96. The van der Waals surface area contributed by atoms with Crippen molar-refractivity contribution in [3.8, 4) is 11.4 Å². The molecule has 16 heavy (non-hydrogen) atoms. The van der Waals surface area contributed by atoms with Crippen molar-refractivity contribution in [1.82, 2.24) is 15.5 Å². The van der Waals surface area contributed by atoms with Crippen LogP contribution in [-0.2, 0) is 0 Å². The van der Waals surface area contributed by atoms with E-state index >= 15 is 0 Å². The van der Waals surface area contributed by atoms with Crippen molar-refractivity contribution in [2.24, 2.45) is 5.92 Å². The Balaban J connectivity index is 1.82. The third-order valence-electron chi connectivity index (χ3n) is 3.13. The fourth-order valence-electron chi connectivity index (χ4n) is 1.80. The molecule has 1 aliphatic heterocycles. The quantitative estimate of drug-likeness (QED) is 0.885. The standard InChI is InChI=1S/C11H13N3OS/c1-7(9-4-12-5-9)11-13-10(14-15-11)8-2-3-16-6-8/h2-3,6-7,9,12H,4-5H2,1H3. The number of aromatic nitrogens is 2. The first-order chi connectivity index (χ1) is 7.84. The normalized spacial score (nSPS) is 18.3. The fraction of sp³-hybridized carbons (Fsp3) is 0.455. The summed E-state index contributed by atoms with van der Waals surface area (Å²) in [6, 6.07) is 2.01. The summed E-state index contributed by atoms with van der Waals surface area (Å²) in [5.74, 6) is 2.44. The van der Waals surface area contributed by atoms with Crippen LogP contribution in [0.1, 0.15) is 18.7 Å². The van der Waals surface area contributed by atoms with E-state index < -0.39 is 0 Å². The highest BCUT2D eigenvalue weighted by atomic mass is 32.1. The fourth-order valence-corrected chi connectivity index (χ4v) is 2.43. The zero-order valence-electron chi connectivity index (χ0n) is 9.01. The molecule has 0 radical (unpaired) electrons. The third kappa shape index (κ3) is 1.66. The molecule has 1 fully saturated rings. The molecule has 3 heterocycles. The minimum atomic E-state index is 0.348. The zero-order valence-corrected chi connectivity index (χ0v) is 9.83. The molecule has 0 saturated carbocycles. The van der Waals surface area contributed by atoms with Gasteiger partial charge in [0.2, 0.25) is 11.7 Å². The van der Waals surface area contributed by atoms with Crippen molar-refractivity contribution in [3.63, 3.8) is 0 Å². The minimum absolute atomic E-state index is 0.348. The maximum Gasteiger partial charge on any atom is 0.230 e. The Bertz CT molecular complexity index is 461. The predicted octanol–water partition coefficient (Wildman–Crippen LogP) is 2.12. The van der Waals surface area contributed by atoms with Crippen LogP contribution >= 0.6 is 11.3 Å². The summed E-state index contributed by atoms with van der Waals surface area (Å²) in [4.78, 5) is 4.46. The van der Waals surface area contributed by atoms with E-state index in [9.17, 15) is 0 Å². The van der Waals surface area contributed by atoms with Crippen molar-refractivity contribution in [2.75, 3.05) is 13.1 Å². The van der Waals surface area contributed by atoms with Crippen LogP contribution in [0, 0.1) is 5.92 Å². The molecular formula is C11H13N3OS. The van der Waals surface area contributed by atoms with Crippen LogP contribution in [0.2, 0.25) is 0 Å². The van der Waals surface area contributed by atoms with E-state index in [-0.39, 0.29) is 0 Å². The average Bonchev–Trinajstić information content (AvgIpc) is 2.86. The molecule has 2 aromatic heterocycles. The summed E-state index contributed by atoms with van der Waals surface area (Å²) >= 11 is 1.64. The lowest BCUT2D eigenvalue weighted by atomic mass is 9.89. The SMILES string of the molecule is CC(c1nc(-c2ccsc2)no1)C1CNC1. The first-order valence-electron chi connectivity index (χ1n) is 5.41. The van der Waals surface area contributed by atoms with Gasteiger partial charge in [-0.3, -0.25) is 0 Å². The van der Waals surface area contributed by atoms with Gasteiger partial charge in [-0.05, 0) is 30.5 Å². The molecule has 1 N–H and O–H groups in total. The smallest absolute Gasteiger partial charge is 0.230 e. The lowest BCUT2D eigenvalue weighted by molar-refractivity contribution is 0.252. The van der Waals surface area contributed by atoms with Crippen LogP contribution in [0.4, 0.5) is 0 Å². The highest BCUT2D eigenvalue weighted by molar-refractivity contribution is 7.08. The van der Waals surface area contributed by atoms with Crippen LogP contribution in [-0.4, -0.2) is 23.2 Å². The highest BCUT2D eigenvalue weighted by Gasteiger charge is 2.28. The van der Waals surface area contributed by atoms with Crippen LogP contribution < -0.4 is 5.32 Å². The van der Waals surface area contributed by atoms with Crippen molar-refractivity contribution in [3.05, 3.63) is 22.7 Å². The van der Waals surface area contributed by atoms with E-state index in [4.69, 9.17) is 4.52 Å². The van der Waals surface area contributed by atoms with E-state index in [0.29, 0.717) is 17.7 Å². The predicted molar refractivity (Wildman–Crippen MR) is 62.4 cm³/mol. The topological polar surface area (TPSA) is 51.0 Å². The molecule has 1 saturated heterocycles. The molecule has 2 aromatic rings. The highest BCUT2D eigenvalue weighted by Crippen LogP contribution is 2.27. The number of rotatable bonds is 3. The van der Waals surface area contributed by atoms with Gasteiger partial charge in [0.1, 0.15) is 0 Å². The van der Waals surface area contributed by atoms with E-state index in [0.717, 1.165) is 24.5 Å². The van der Waals surface area contributed by atoms with Gasteiger partial charge < -0.3 is 9.84 Å². The summed E-state index contributed by atoms with van der Waals surface area (Å²) in [6.07, 6.45) is 0. The number of hydrogen-bond acceptors (Lipinski definition) is 5. The maximum absolute atomic E-state index is 5.32. The lowest BCUT2D eigenvalue weighted by Gasteiger charge is -2.30. The number of hydrogen-bond donors (Lipinski definition) is 1. The second kappa shape index (κ2) is 3.99. The van der Waals surface area contributed by atoms with Crippen LogP contribution in [0.15, 0.2) is 21.3 Å². The first-order valence-corrected chi connectivity index (χ1v) is 6.36. The molecule has 1 aliphatic rings. The summed E-state index contributed by atoms with van der Waals surface area (Å²) in [7, 11) is 0. The molecule has 3 rings (SSSR count). The number of nitrogens with zero attached hydrogens (tertiary/aromatic N) is 2. The zero-order chi connectivity index (χ0) is 11.0. The van der Waals surface area contributed by atoms with Crippen LogP contribution in [0.3, 0.4) is 0 Å². The Hall–Kier alpha value is -1.20. The summed E-state index contributed by atoms with van der Waals surface area (Å²) in [5, 5.41) is 11.3.